The Kier molecular flexibility index (Phi) is 7.66. The molecule has 1 N–H and O–H groups in total. The van der Waals surface area contributed by atoms with Gasteiger partial charge in [0.05, 0.1) is 19.3 Å². The van der Waals surface area contributed by atoms with Crippen molar-refractivity contribution in [3.63, 3.8) is 0 Å². The summed E-state index contributed by atoms with van der Waals surface area (Å²) in [4.78, 5) is 25.1. The fraction of sp³-hybridized carbons (Fsp3) is 0.300. The highest BCUT2D eigenvalue weighted by Crippen LogP contribution is 2.30. The maximum atomic E-state index is 12.6. The molecule has 26 heavy (non-hydrogen) atoms. The first-order chi connectivity index (χ1) is 12.6. The number of ether oxygens (including phenoxy) is 2. The Morgan fingerprint density at radius 2 is 1.58 bits per heavy atom. The molecule has 0 heterocycles. The normalized spacial score (nSPS) is 11.7. The van der Waals surface area contributed by atoms with Crippen LogP contribution in [0.5, 0.6) is 0 Å². The first-order valence-electron chi connectivity index (χ1n) is 8.47. The van der Waals surface area contributed by atoms with E-state index in [9.17, 15) is 9.59 Å². The van der Waals surface area contributed by atoms with Crippen LogP contribution in [-0.4, -0.2) is 25.2 Å². The van der Waals surface area contributed by atoms with E-state index in [2.05, 4.69) is 21.2 Å². The number of halogens is 1. The number of anilines is 1. The number of hydrogen-bond acceptors (Lipinski definition) is 5. The van der Waals surface area contributed by atoms with Gasteiger partial charge in [0.1, 0.15) is 0 Å². The van der Waals surface area contributed by atoms with Crippen LogP contribution in [0, 0.1) is 5.92 Å². The van der Waals surface area contributed by atoms with E-state index in [4.69, 9.17) is 9.47 Å². The SMILES string of the molecule is CCOC(=O)C(C(=O)OCC)[C@H](Nc1cccc(Br)c1)c1ccccc1. The van der Waals surface area contributed by atoms with Gasteiger partial charge >= 0.3 is 11.9 Å². The standard InChI is InChI=1S/C20H22BrNO4/c1-3-25-19(23)17(20(24)26-4-2)18(14-9-6-5-7-10-14)22-16-12-8-11-15(21)13-16/h5-13,17-18,22H,3-4H2,1-2H3/t18-/m1/s1. The van der Waals surface area contributed by atoms with Crippen molar-refractivity contribution in [1.82, 2.24) is 0 Å². The third-order valence-corrected chi connectivity index (χ3v) is 4.21. The van der Waals surface area contributed by atoms with Gasteiger partial charge in [0.25, 0.3) is 0 Å². The summed E-state index contributed by atoms with van der Waals surface area (Å²) >= 11 is 3.43. The van der Waals surface area contributed by atoms with Gasteiger partial charge in [0.15, 0.2) is 5.92 Å². The topological polar surface area (TPSA) is 64.6 Å². The van der Waals surface area contributed by atoms with Crippen LogP contribution in [0.15, 0.2) is 59.1 Å². The fourth-order valence-electron chi connectivity index (χ4n) is 2.61. The Labute approximate surface area is 161 Å². The largest absolute Gasteiger partial charge is 0.465 e. The summed E-state index contributed by atoms with van der Waals surface area (Å²) in [6.45, 7) is 3.79. The van der Waals surface area contributed by atoms with Crippen LogP contribution in [-0.2, 0) is 19.1 Å². The lowest BCUT2D eigenvalue weighted by atomic mass is 9.92. The van der Waals surface area contributed by atoms with E-state index in [1.165, 1.54) is 0 Å². The van der Waals surface area contributed by atoms with Crippen molar-refractivity contribution in [2.24, 2.45) is 5.92 Å². The molecule has 2 aromatic rings. The van der Waals surface area contributed by atoms with E-state index < -0.39 is 23.9 Å². The zero-order valence-corrected chi connectivity index (χ0v) is 16.4. The van der Waals surface area contributed by atoms with Crippen molar-refractivity contribution < 1.29 is 19.1 Å². The minimum Gasteiger partial charge on any atom is -0.465 e. The predicted octanol–water partition coefficient (Wildman–Crippen LogP) is 4.34. The van der Waals surface area contributed by atoms with Crippen molar-refractivity contribution >= 4 is 33.6 Å². The second-order valence-corrected chi connectivity index (χ2v) is 6.44. The number of esters is 2. The molecule has 0 aliphatic carbocycles. The summed E-state index contributed by atoms with van der Waals surface area (Å²) < 4.78 is 11.2. The van der Waals surface area contributed by atoms with Gasteiger partial charge in [-0.3, -0.25) is 9.59 Å². The predicted molar refractivity (Wildman–Crippen MR) is 104 cm³/mol. The zero-order valence-electron chi connectivity index (χ0n) is 14.8. The van der Waals surface area contributed by atoms with Gasteiger partial charge in [-0.25, -0.2) is 0 Å². The highest BCUT2D eigenvalue weighted by Gasteiger charge is 2.38. The molecule has 2 rings (SSSR count). The van der Waals surface area contributed by atoms with E-state index in [0.717, 1.165) is 15.7 Å². The quantitative estimate of drug-likeness (QED) is 0.508. The molecule has 2 aromatic carbocycles. The van der Waals surface area contributed by atoms with Gasteiger partial charge in [-0.2, -0.15) is 0 Å². The monoisotopic (exact) mass is 419 g/mol. The van der Waals surface area contributed by atoms with Gasteiger partial charge in [0, 0.05) is 10.2 Å². The lowest BCUT2D eigenvalue weighted by Gasteiger charge is -2.26. The molecule has 0 unspecified atom stereocenters. The molecule has 0 fully saturated rings. The second kappa shape index (κ2) is 9.97. The first kappa shape index (κ1) is 20.0. The maximum absolute atomic E-state index is 12.6. The smallest absolute Gasteiger partial charge is 0.322 e. The first-order valence-corrected chi connectivity index (χ1v) is 9.26. The molecule has 0 amide bonds. The second-order valence-electron chi connectivity index (χ2n) is 5.52. The van der Waals surface area contributed by atoms with Crippen LogP contribution in [0.25, 0.3) is 0 Å². The molecule has 5 nitrogen and oxygen atoms in total. The Bertz CT molecular complexity index is 718. The highest BCUT2D eigenvalue weighted by atomic mass is 79.9. The lowest BCUT2D eigenvalue weighted by molar-refractivity contribution is -0.162. The number of nitrogens with one attached hydrogen (secondary N) is 1. The van der Waals surface area contributed by atoms with E-state index >= 15 is 0 Å². The molecule has 0 aliphatic rings. The van der Waals surface area contributed by atoms with Gasteiger partial charge in [-0.15, -0.1) is 0 Å². The van der Waals surface area contributed by atoms with Gasteiger partial charge < -0.3 is 14.8 Å². The van der Waals surface area contributed by atoms with Crippen molar-refractivity contribution in [2.75, 3.05) is 18.5 Å². The van der Waals surface area contributed by atoms with Gasteiger partial charge in [0.2, 0.25) is 0 Å². The number of benzene rings is 2. The van der Waals surface area contributed by atoms with Crippen LogP contribution in [0.2, 0.25) is 0 Å². The highest BCUT2D eigenvalue weighted by molar-refractivity contribution is 9.10. The molecular formula is C20H22BrNO4. The van der Waals surface area contributed by atoms with Crippen molar-refractivity contribution in [3.8, 4) is 0 Å². The minimum atomic E-state index is -1.11. The van der Waals surface area contributed by atoms with Crippen LogP contribution < -0.4 is 5.32 Å². The van der Waals surface area contributed by atoms with Crippen LogP contribution >= 0.6 is 15.9 Å². The number of rotatable bonds is 8. The fourth-order valence-corrected chi connectivity index (χ4v) is 3.01. The summed E-state index contributed by atoms with van der Waals surface area (Å²) in [6, 6.07) is 16.2. The molecule has 0 radical (unpaired) electrons. The van der Waals surface area contributed by atoms with Gasteiger partial charge in [-0.05, 0) is 37.6 Å². The molecule has 138 valence electrons. The lowest BCUT2D eigenvalue weighted by Crippen LogP contribution is -2.36. The summed E-state index contributed by atoms with van der Waals surface area (Å²) in [7, 11) is 0. The average Bonchev–Trinajstić information content (AvgIpc) is 2.62. The Morgan fingerprint density at radius 3 is 2.12 bits per heavy atom. The number of carbonyl (C=O) groups excluding carboxylic acids is 2. The Morgan fingerprint density at radius 1 is 0.962 bits per heavy atom. The molecule has 1 atom stereocenters. The third kappa shape index (κ3) is 5.33. The van der Waals surface area contributed by atoms with Crippen molar-refractivity contribution in [3.05, 3.63) is 64.6 Å². The maximum Gasteiger partial charge on any atom is 0.322 e. The number of carbonyl (C=O) groups is 2. The van der Waals surface area contributed by atoms with Crippen molar-refractivity contribution in [2.45, 2.75) is 19.9 Å². The van der Waals surface area contributed by atoms with Crippen molar-refractivity contribution in [1.29, 1.82) is 0 Å². The summed E-state index contributed by atoms with van der Waals surface area (Å²) in [6.07, 6.45) is 0. The molecule has 0 aromatic heterocycles. The molecule has 6 heteroatoms. The van der Waals surface area contributed by atoms with E-state index in [1.807, 2.05) is 54.6 Å². The van der Waals surface area contributed by atoms with E-state index in [-0.39, 0.29) is 13.2 Å². The average molecular weight is 420 g/mol. The van der Waals surface area contributed by atoms with Gasteiger partial charge in [-0.1, -0.05) is 52.3 Å². The summed E-state index contributed by atoms with van der Waals surface area (Å²) in [5.74, 6) is -2.33. The Balaban J connectivity index is 2.44. The molecule has 0 bridgehead atoms. The minimum absolute atomic E-state index is 0.188. The molecule has 0 spiro atoms. The summed E-state index contributed by atoms with van der Waals surface area (Å²) in [5.41, 5.74) is 1.56. The molecular weight excluding hydrogens is 398 g/mol. The molecule has 0 saturated heterocycles. The number of hydrogen-bond donors (Lipinski definition) is 1. The van der Waals surface area contributed by atoms with Crippen LogP contribution in [0.3, 0.4) is 0 Å². The van der Waals surface area contributed by atoms with Crippen LogP contribution in [0.1, 0.15) is 25.5 Å². The summed E-state index contributed by atoms with van der Waals surface area (Å²) in [5, 5.41) is 3.28. The zero-order chi connectivity index (χ0) is 18.9. The third-order valence-electron chi connectivity index (χ3n) is 3.72. The Hall–Kier alpha value is -2.34. The van der Waals surface area contributed by atoms with E-state index in [0.29, 0.717) is 0 Å². The van der Waals surface area contributed by atoms with Crippen LogP contribution in [0.4, 0.5) is 5.69 Å². The molecule has 0 saturated carbocycles. The van der Waals surface area contributed by atoms with E-state index in [1.54, 1.807) is 13.8 Å². The molecule has 0 aliphatic heterocycles.